The number of sulfonamides is 1. The second-order valence-electron chi connectivity index (χ2n) is 3.68. The number of halogens is 3. The van der Waals surface area contributed by atoms with Crippen molar-refractivity contribution in [3.05, 3.63) is 0 Å². The highest BCUT2D eigenvalue weighted by Crippen LogP contribution is 2.22. The fourth-order valence-corrected chi connectivity index (χ4v) is 3.42. The molecule has 0 saturated carbocycles. The van der Waals surface area contributed by atoms with Crippen LogP contribution in [0.3, 0.4) is 0 Å². The Bertz CT molecular complexity index is 367. The van der Waals surface area contributed by atoms with Crippen molar-refractivity contribution in [3.8, 4) is 0 Å². The summed E-state index contributed by atoms with van der Waals surface area (Å²) in [7, 11) is -3.96. The summed E-state index contributed by atoms with van der Waals surface area (Å²) in [5, 5.41) is -1.15. The molecule has 0 radical (unpaired) electrons. The summed E-state index contributed by atoms with van der Waals surface area (Å²) >= 11 is 4.56. The molecule has 4 nitrogen and oxygen atoms in total. The molecule has 0 aliphatic heterocycles. The van der Waals surface area contributed by atoms with E-state index >= 15 is 0 Å². The first-order valence-electron chi connectivity index (χ1n) is 4.86. The highest BCUT2D eigenvalue weighted by molar-refractivity contribution is 7.93. The van der Waals surface area contributed by atoms with E-state index in [0.29, 0.717) is 0 Å². The van der Waals surface area contributed by atoms with Crippen LogP contribution in [0, 0.1) is 0 Å². The number of nitrogens with one attached hydrogen (secondary N) is 1. The zero-order chi connectivity index (χ0) is 13.9. The lowest BCUT2D eigenvalue weighted by Crippen LogP contribution is -2.45. The quantitative estimate of drug-likeness (QED) is 0.724. The van der Waals surface area contributed by atoms with E-state index in [0.717, 1.165) is 6.92 Å². The van der Waals surface area contributed by atoms with Gasteiger partial charge in [0.1, 0.15) is 5.25 Å². The number of rotatable bonds is 6. The molecule has 9 heteroatoms. The first-order chi connectivity index (χ1) is 7.49. The van der Waals surface area contributed by atoms with Gasteiger partial charge in [0, 0.05) is 6.04 Å². The van der Waals surface area contributed by atoms with E-state index in [-0.39, 0.29) is 11.4 Å². The van der Waals surface area contributed by atoms with Crippen molar-refractivity contribution in [2.75, 3.05) is 0 Å². The molecule has 0 amide bonds. The van der Waals surface area contributed by atoms with Gasteiger partial charge in [0.05, 0.1) is 11.4 Å². The van der Waals surface area contributed by atoms with Gasteiger partial charge in [-0.05, 0) is 13.3 Å². The molecule has 0 saturated heterocycles. The van der Waals surface area contributed by atoms with Crippen LogP contribution >= 0.6 is 12.2 Å². The summed E-state index contributed by atoms with van der Waals surface area (Å²) in [5.41, 5.74) is 5.23. The molecule has 0 fully saturated rings. The Balaban J connectivity index is 4.70. The highest BCUT2D eigenvalue weighted by atomic mass is 32.2. The Labute approximate surface area is 104 Å². The predicted molar refractivity (Wildman–Crippen MR) is 63.1 cm³/mol. The van der Waals surface area contributed by atoms with Gasteiger partial charge in [-0.3, -0.25) is 0 Å². The largest absolute Gasteiger partial charge is 0.392 e. The molecule has 0 bridgehead atoms. The van der Waals surface area contributed by atoms with Crippen LogP contribution in [0.5, 0.6) is 0 Å². The van der Waals surface area contributed by atoms with Crippen molar-refractivity contribution in [2.24, 2.45) is 5.73 Å². The summed E-state index contributed by atoms with van der Waals surface area (Å²) in [6.07, 6.45) is -5.55. The standard InChI is InChI=1S/C8H15F3N2O2S2/c1-3-6(7(12)16)17(14,15)13-5(2)4-8(9,10)11/h5-6,13H,3-4H2,1-2H3,(H2,12,16). The van der Waals surface area contributed by atoms with Gasteiger partial charge in [0.25, 0.3) is 0 Å². The fraction of sp³-hybridized carbons (Fsp3) is 0.875. The molecule has 0 rings (SSSR count). The summed E-state index contributed by atoms with van der Waals surface area (Å²) in [5.74, 6) is 0. The summed E-state index contributed by atoms with van der Waals surface area (Å²) < 4.78 is 61.3. The normalized spacial score (nSPS) is 16.5. The van der Waals surface area contributed by atoms with E-state index in [2.05, 4.69) is 12.2 Å². The predicted octanol–water partition coefficient (Wildman–Crippen LogP) is 1.31. The van der Waals surface area contributed by atoms with Crippen molar-refractivity contribution in [2.45, 2.75) is 44.2 Å². The summed E-state index contributed by atoms with van der Waals surface area (Å²) in [4.78, 5) is -0.251. The van der Waals surface area contributed by atoms with Crippen LogP contribution in [0.1, 0.15) is 26.7 Å². The van der Waals surface area contributed by atoms with E-state index in [4.69, 9.17) is 5.73 Å². The van der Waals surface area contributed by atoms with Crippen LogP contribution in [0.4, 0.5) is 13.2 Å². The van der Waals surface area contributed by atoms with Crippen molar-refractivity contribution in [1.82, 2.24) is 4.72 Å². The van der Waals surface area contributed by atoms with Crippen molar-refractivity contribution in [3.63, 3.8) is 0 Å². The Kier molecular flexibility index (Phi) is 5.82. The monoisotopic (exact) mass is 292 g/mol. The van der Waals surface area contributed by atoms with Crippen LogP contribution in [-0.2, 0) is 10.0 Å². The average molecular weight is 292 g/mol. The molecule has 0 aromatic heterocycles. The number of thiocarbonyl (C=S) groups is 1. The third-order valence-electron chi connectivity index (χ3n) is 1.97. The van der Waals surface area contributed by atoms with Crippen molar-refractivity contribution >= 4 is 27.2 Å². The minimum atomic E-state index is -4.42. The molecule has 0 heterocycles. The zero-order valence-corrected chi connectivity index (χ0v) is 11.0. The summed E-state index contributed by atoms with van der Waals surface area (Å²) in [6, 6.07) is -1.25. The second-order valence-corrected chi connectivity index (χ2v) is 6.05. The number of hydrogen-bond acceptors (Lipinski definition) is 3. The summed E-state index contributed by atoms with van der Waals surface area (Å²) in [6.45, 7) is 2.68. The van der Waals surface area contributed by atoms with Gasteiger partial charge in [-0.2, -0.15) is 13.2 Å². The topological polar surface area (TPSA) is 72.2 Å². The molecule has 0 aliphatic carbocycles. The van der Waals surface area contributed by atoms with Crippen LogP contribution in [0.25, 0.3) is 0 Å². The van der Waals surface area contributed by atoms with Gasteiger partial charge in [0.2, 0.25) is 10.0 Å². The molecule has 0 aliphatic rings. The zero-order valence-electron chi connectivity index (χ0n) is 9.41. The molecule has 2 unspecified atom stereocenters. The Hall–Kier alpha value is -0.410. The molecular weight excluding hydrogens is 277 g/mol. The minimum absolute atomic E-state index is 0.114. The third kappa shape index (κ3) is 6.18. The van der Waals surface area contributed by atoms with Crippen LogP contribution in [-0.4, -0.2) is 30.9 Å². The average Bonchev–Trinajstić information content (AvgIpc) is 1.96. The molecule has 0 spiro atoms. The maximum atomic E-state index is 12.0. The van der Waals surface area contributed by atoms with Crippen LogP contribution in [0.2, 0.25) is 0 Å². The molecule has 2 atom stereocenters. The lowest BCUT2D eigenvalue weighted by Gasteiger charge is -2.20. The Morgan fingerprint density at radius 1 is 1.47 bits per heavy atom. The maximum absolute atomic E-state index is 12.0. The molecular formula is C8H15F3N2O2S2. The van der Waals surface area contributed by atoms with E-state index in [1.165, 1.54) is 6.92 Å². The first kappa shape index (κ1) is 16.6. The van der Waals surface area contributed by atoms with Crippen LogP contribution in [0.15, 0.2) is 0 Å². The molecule has 0 aromatic rings. The van der Waals surface area contributed by atoms with Gasteiger partial charge < -0.3 is 5.73 Å². The maximum Gasteiger partial charge on any atom is 0.390 e. The molecule has 17 heavy (non-hydrogen) atoms. The third-order valence-corrected chi connectivity index (χ3v) is 4.47. The van der Waals surface area contributed by atoms with Crippen molar-refractivity contribution in [1.29, 1.82) is 0 Å². The van der Waals surface area contributed by atoms with Gasteiger partial charge in [-0.15, -0.1) is 0 Å². The Morgan fingerprint density at radius 3 is 2.24 bits per heavy atom. The van der Waals surface area contributed by atoms with Gasteiger partial charge in [-0.1, -0.05) is 19.1 Å². The SMILES string of the molecule is CCC(C(N)=S)S(=O)(=O)NC(C)CC(F)(F)F. The van der Waals surface area contributed by atoms with E-state index in [1.807, 2.05) is 4.72 Å². The lowest BCUT2D eigenvalue weighted by atomic mass is 10.2. The van der Waals surface area contributed by atoms with Gasteiger partial charge in [-0.25, -0.2) is 13.1 Å². The number of hydrogen-bond donors (Lipinski definition) is 2. The fourth-order valence-electron chi connectivity index (χ4n) is 1.32. The van der Waals surface area contributed by atoms with Crippen molar-refractivity contribution < 1.29 is 21.6 Å². The number of alkyl halides is 3. The van der Waals surface area contributed by atoms with Gasteiger partial charge in [0.15, 0.2) is 0 Å². The molecule has 0 aromatic carbocycles. The van der Waals surface area contributed by atoms with E-state index in [9.17, 15) is 21.6 Å². The van der Waals surface area contributed by atoms with Gasteiger partial charge >= 0.3 is 6.18 Å². The first-order valence-corrected chi connectivity index (χ1v) is 6.82. The minimum Gasteiger partial charge on any atom is -0.392 e. The van der Waals surface area contributed by atoms with E-state index < -0.39 is 33.9 Å². The highest BCUT2D eigenvalue weighted by Gasteiger charge is 2.34. The second kappa shape index (κ2) is 5.96. The lowest BCUT2D eigenvalue weighted by molar-refractivity contribution is -0.137. The van der Waals surface area contributed by atoms with E-state index in [1.54, 1.807) is 0 Å². The van der Waals surface area contributed by atoms with Crippen LogP contribution < -0.4 is 10.5 Å². The molecule has 3 N–H and O–H groups in total. The Morgan fingerprint density at radius 2 is 1.94 bits per heavy atom. The smallest absolute Gasteiger partial charge is 0.390 e. The molecule has 102 valence electrons. The number of nitrogens with two attached hydrogens (primary N) is 1.